The monoisotopic (exact) mass is 484 g/mol. The average Bonchev–Trinajstić information content (AvgIpc) is 3.13. The van der Waals surface area contributed by atoms with Gasteiger partial charge < -0.3 is 9.84 Å². The van der Waals surface area contributed by atoms with Gasteiger partial charge >= 0.3 is 0 Å². The van der Waals surface area contributed by atoms with Crippen molar-refractivity contribution in [3.63, 3.8) is 0 Å². The van der Waals surface area contributed by atoms with E-state index >= 15 is 0 Å². The van der Waals surface area contributed by atoms with E-state index in [1.54, 1.807) is 43.8 Å². The first-order valence-corrected chi connectivity index (χ1v) is 12.0. The van der Waals surface area contributed by atoms with Crippen molar-refractivity contribution in [2.24, 2.45) is 0 Å². The molecule has 6 heteroatoms. The summed E-state index contributed by atoms with van der Waals surface area (Å²) in [4.78, 5) is 32.3. The number of aliphatic hydroxyl groups excluding tert-OH is 1. The minimum Gasteiger partial charge on any atom is -0.507 e. The van der Waals surface area contributed by atoms with E-state index in [1.165, 1.54) is 4.90 Å². The van der Waals surface area contributed by atoms with Crippen molar-refractivity contribution >= 4 is 23.1 Å². The highest BCUT2D eigenvalue weighted by molar-refractivity contribution is 6.51. The molecule has 0 spiro atoms. The lowest BCUT2D eigenvalue weighted by Crippen LogP contribution is -2.29. The van der Waals surface area contributed by atoms with Crippen LogP contribution in [-0.4, -0.2) is 28.9 Å². The fourth-order valence-electron chi connectivity index (χ4n) is 4.57. The molecule has 0 radical (unpaired) electrons. The summed E-state index contributed by atoms with van der Waals surface area (Å²) in [6.45, 7) is 10.4. The third-order valence-electron chi connectivity index (χ3n) is 6.60. The van der Waals surface area contributed by atoms with E-state index in [1.807, 2.05) is 44.2 Å². The number of ketones is 1. The van der Waals surface area contributed by atoms with E-state index in [4.69, 9.17) is 4.74 Å². The Hall–Kier alpha value is -3.93. The Morgan fingerprint density at radius 2 is 1.64 bits per heavy atom. The first kappa shape index (κ1) is 25.2. The molecule has 0 bridgehead atoms. The topological polar surface area (TPSA) is 79.7 Å². The van der Waals surface area contributed by atoms with Crippen molar-refractivity contribution in [1.82, 2.24) is 4.98 Å². The molecule has 4 rings (SSSR count). The molecule has 36 heavy (non-hydrogen) atoms. The van der Waals surface area contributed by atoms with Crippen LogP contribution in [0.5, 0.6) is 5.75 Å². The van der Waals surface area contributed by atoms with Crippen molar-refractivity contribution in [2.45, 2.75) is 52.0 Å². The highest BCUT2D eigenvalue weighted by atomic mass is 16.5. The van der Waals surface area contributed by atoms with Crippen LogP contribution in [0.1, 0.15) is 68.8 Å². The summed E-state index contributed by atoms with van der Waals surface area (Å²) in [5, 5.41) is 11.4. The molecule has 1 aliphatic rings. The largest absolute Gasteiger partial charge is 0.507 e. The summed E-state index contributed by atoms with van der Waals surface area (Å²) in [6.07, 6.45) is 3.23. The third kappa shape index (κ3) is 4.51. The van der Waals surface area contributed by atoms with Crippen LogP contribution in [0, 0.1) is 0 Å². The number of carbonyl (C=O) groups is 2. The van der Waals surface area contributed by atoms with Crippen molar-refractivity contribution in [1.29, 1.82) is 0 Å². The van der Waals surface area contributed by atoms with Gasteiger partial charge in [-0.15, -0.1) is 0 Å². The lowest BCUT2D eigenvalue weighted by atomic mass is 9.87. The van der Waals surface area contributed by atoms with Gasteiger partial charge in [0.2, 0.25) is 0 Å². The highest BCUT2D eigenvalue weighted by Gasteiger charge is 2.47. The van der Waals surface area contributed by atoms with Gasteiger partial charge in [0, 0.05) is 23.6 Å². The molecule has 1 fully saturated rings. The molecule has 2 heterocycles. The molecule has 6 nitrogen and oxygen atoms in total. The normalized spacial score (nSPS) is 17.6. The van der Waals surface area contributed by atoms with Gasteiger partial charge in [-0.05, 0) is 70.5 Å². The maximum atomic E-state index is 13.4. The number of benzene rings is 2. The number of hydrogen-bond donors (Lipinski definition) is 1. The number of aliphatic hydroxyl groups is 1. The molecule has 1 N–H and O–H groups in total. The number of aromatic nitrogens is 1. The molecule has 1 aliphatic heterocycles. The molecule has 2 aromatic carbocycles. The predicted molar refractivity (Wildman–Crippen MR) is 141 cm³/mol. The van der Waals surface area contributed by atoms with Gasteiger partial charge in [0.15, 0.2) is 0 Å². The Morgan fingerprint density at radius 3 is 2.19 bits per heavy atom. The van der Waals surface area contributed by atoms with Gasteiger partial charge in [0.25, 0.3) is 11.7 Å². The summed E-state index contributed by atoms with van der Waals surface area (Å²) in [5.41, 5.74) is 3.73. The standard InChI is InChI=1S/C30H32N2O4/c1-18(2)23-17-20(7-12-24(23)36-6)27(33)25-26(19-13-15-31-16-14-19)32(29(35)28(25)34)22-10-8-21(9-11-22)30(3,4)5/h7-18,26,33H,1-6H3/b27-25-. The van der Waals surface area contributed by atoms with E-state index in [2.05, 4.69) is 25.8 Å². The lowest BCUT2D eigenvalue weighted by molar-refractivity contribution is -0.132. The van der Waals surface area contributed by atoms with Crippen LogP contribution in [0.2, 0.25) is 0 Å². The molecule has 0 aliphatic carbocycles. The number of amides is 1. The molecule has 1 saturated heterocycles. The van der Waals surface area contributed by atoms with Gasteiger partial charge in [-0.1, -0.05) is 46.8 Å². The van der Waals surface area contributed by atoms with Crippen molar-refractivity contribution in [3.05, 3.63) is 94.8 Å². The average molecular weight is 485 g/mol. The number of hydrogen-bond acceptors (Lipinski definition) is 5. The number of carbonyl (C=O) groups excluding carboxylic acids is 2. The summed E-state index contributed by atoms with van der Waals surface area (Å²) < 4.78 is 5.47. The second-order valence-electron chi connectivity index (χ2n) is 10.4. The highest BCUT2D eigenvalue weighted by Crippen LogP contribution is 2.43. The summed E-state index contributed by atoms with van der Waals surface area (Å²) in [5.74, 6) is -0.789. The molecule has 186 valence electrons. The Morgan fingerprint density at radius 1 is 1.00 bits per heavy atom. The van der Waals surface area contributed by atoms with Gasteiger partial charge in [-0.3, -0.25) is 19.5 Å². The number of methoxy groups -OCH3 is 1. The van der Waals surface area contributed by atoms with Crippen molar-refractivity contribution in [3.8, 4) is 5.75 Å². The quantitative estimate of drug-likeness (QED) is 0.267. The Labute approximate surface area is 212 Å². The van der Waals surface area contributed by atoms with E-state index in [9.17, 15) is 14.7 Å². The number of ether oxygens (including phenoxy) is 1. The molecular formula is C30H32N2O4. The fourth-order valence-corrected chi connectivity index (χ4v) is 4.57. The van der Waals surface area contributed by atoms with Crippen molar-refractivity contribution in [2.75, 3.05) is 12.0 Å². The van der Waals surface area contributed by atoms with Crippen molar-refractivity contribution < 1.29 is 19.4 Å². The zero-order valence-corrected chi connectivity index (χ0v) is 21.6. The van der Waals surface area contributed by atoms with E-state index in [0.717, 1.165) is 11.1 Å². The second kappa shape index (κ2) is 9.61. The first-order chi connectivity index (χ1) is 17.0. The lowest BCUT2D eigenvalue weighted by Gasteiger charge is -2.26. The Balaban J connectivity index is 1.90. The maximum Gasteiger partial charge on any atom is 0.300 e. The van der Waals surface area contributed by atoms with Crippen LogP contribution in [0.4, 0.5) is 5.69 Å². The van der Waals surface area contributed by atoms with Crippen LogP contribution in [0.15, 0.2) is 72.6 Å². The van der Waals surface area contributed by atoms with Crippen LogP contribution in [0.3, 0.4) is 0 Å². The van der Waals surface area contributed by atoms with Crippen LogP contribution >= 0.6 is 0 Å². The van der Waals surface area contributed by atoms with E-state index in [-0.39, 0.29) is 22.7 Å². The second-order valence-corrected chi connectivity index (χ2v) is 10.4. The smallest absolute Gasteiger partial charge is 0.300 e. The predicted octanol–water partition coefficient (Wildman–Crippen LogP) is 6.14. The SMILES string of the molecule is COc1ccc(/C(O)=C2/C(=O)C(=O)N(c3ccc(C(C)(C)C)cc3)C2c2ccncc2)cc1C(C)C. The molecule has 0 saturated carbocycles. The number of Topliss-reactive ketones (excluding diaryl/α,β-unsaturated/α-hetero) is 1. The molecule has 3 aromatic rings. The number of nitrogens with zero attached hydrogens (tertiary/aromatic N) is 2. The Bertz CT molecular complexity index is 1320. The van der Waals surface area contributed by atoms with Crippen LogP contribution < -0.4 is 9.64 Å². The molecular weight excluding hydrogens is 452 g/mol. The zero-order chi connectivity index (χ0) is 26.2. The first-order valence-electron chi connectivity index (χ1n) is 12.0. The van der Waals surface area contributed by atoms with Crippen LogP contribution in [0.25, 0.3) is 5.76 Å². The molecule has 1 aromatic heterocycles. The minimum absolute atomic E-state index is 0.0472. The number of rotatable bonds is 5. The van der Waals surface area contributed by atoms with Gasteiger partial charge in [0.1, 0.15) is 11.5 Å². The third-order valence-corrected chi connectivity index (χ3v) is 6.60. The maximum absolute atomic E-state index is 13.4. The molecule has 1 atom stereocenters. The minimum atomic E-state index is -0.793. The molecule has 1 amide bonds. The van der Waals surface area contributed by atoms with Gasteiger partial charge in [-0.25, -0.2) is 0 Å². The fraction of sp³-hybridized carbons (Fsp3) is 0.300. The number of anilines is 1. The Kier molecular flexibility index (Phi) is 6.72. The van der Waals surface area contributed by atoms with Gasteiger partial charge in [-0.2, -0.15) is 0 Å². The summed E-state index contributed by atoms with van der Waals surface area (Å²) in [7, 11) is 1.60. The number of pyridine rings is 1. The van der Waals surface area contributed by atoms with E-state index < -0.39 is 17.7 Å². The summed E-state index contributed by atoms with van der Waals surface area (Å²) >= 11 is 0. The zero-order valence-electron chi connectivity index (χ0n) is 21.6. The van der Waals surface area contributed by atoms with Crippen LogP contribution in [-0.2, 0) is 15.0 Å². The van der Waals surface area contributed by atoms with Gasteiger partial charge in [0.05, 0.1) is 18.7 Å². The van der Waals surface area contributed by atoms with E-state index in [0.29, 0.717) is 22.6 Å². The molecule has 1 unspecified atom stereocenters. The summed E-state index contributed by atoms with van der Waals surface area (Å²) in [6, 6.07) is 15.7.